The highest BCUT2D eigenvalue weighted by atomic mass is 32.1. The van der Waals surface area contributed by atoms with Crippen LogP contribution in [-0.4, -0.2) is 37.1 Å². The summed E-state index contributed by atoms with van der Waals surface area (Å²) in [4.78, 5) is 16.4. The standard InChI is InChI=1S/C17H23N3O2S/c1-17(7-4-8-18-11-17)12-19-15(21)9-22-10-16-20-13-5-2-3-6-14(13)23-16/h2-3,5-6,18H,4,7-12H2,1H3,(H,19,21). The molecule has 2 aromatic rings. The van der Waals surface area contributed by atoms with Crippen LogP contribution in [0.1, 0.15) is 24.8 Å². The predicted octanol–water partition coefficient (Wildman–Crippen LogP) is 2.32. The third-order valence-corrected chi connectivity index (χ3v) is 5.20. The fourth-order valence-corrected chi connectivity index (χ4v) is 3.75. The maximum atomic E-state index is 11.9. The van der Waals surface area contributed by atoms with Gasteiger partial charge in [0.1, 0.15) is 11.6 Å². The number of benzene rings is 1. The number of nitrogens with zero attached hydrogens (tertiary/aromatic N) is 1. The molecular formula is C17H23N3O2S. The van der Waals surface area contributed by atoms with Crippen molar-refractivity contribution in [3.8, 4) is 0 Å². The average molecular weight is 333 g/mol. The van der Waals surface area contributed by atoms with Crippen LogP contribution >= 0.6 is 11.3 Å². The monoisotopic (exact) mass is 333 g/mol. The second-order valence-corrected chi connectivity index (χ2v) is 7.55. The number of piperidine rings is 1. The van der Waals surface area contributed by atoms with Crippen LogP contribution in [-0.2, 0) is 16.1 Å². The van der Waals surface area contributed by atoms with Crippen molar-refractivity contribution in [2.45, 2.75) is 26.4 Å². The summed E-state index contributed by atoms with van der Waals surface area (Å²) in [6.07, 6.45) is 2.31. The molecule has 5 nitrogen and oxygen atoms in total. The van der Waals surface area contributed by atoms with Crippen LogP contribution < -0.4 is 10.6 Å². The first-order valence-electron chi connectivity index (χ1n) is 8.04. The molecule has 1 amide bonds. The highest BCUT2D eigenvalue weighted by molar-refractivity contribution is 7.18. The summed E-state index contributed by atoms with van der Waals surface area (Å²) in [7, 11) is 0. The van der Waals surface area contributed by atoms with Crippen molar-refractivity contribution in [2.24, 2.45) is 5.41 Å². The van der Waals surface area contributed by atoms with Crippen molar-refractivity contribution in [2.75, 3.05) is 26.2 Å². The minimum absolute atomic E-state index is 0.0575. The second-order valence-electron chi connectivity index (χ2n) is 6.44. The quantitative estimate of drug-likeness (QED) is 0.851. The Hall–Kier alpha value is -1.50. The van der Waals surface area contributed by atoms with Gasteiger partial charge in [-0.25, -0.2) is 4.98 Å². The summed E-state index contributed by atoms with van der Waals surface area (Å²) < 4.78 is 6.65. The zero-order chi connectivity index (χ0) is 16.1. The maximum Gasteiger partial charge on any atom is 0.246 e. The van der Waals surface area contributed by atoms with E-state index in [1.165, 1.54) is 6.42 Å². The fourth-order valence-electron chi connectivity index (χ4n) is 2.85. The average Bonchev–Trinajstić information content (AvgIpc) is 2.96. The molecule has 6 heteroatoms. The number of carbonyl (C=O) groups excluding carboxylic acids is 1. The molecule has 1 atom stereocenters. The predicted molar refractivity (Wildman–Crippen MR) is 92.5 cm³/mol. The van der Waals surface area contributed by atoms with Gasteiger partial charge in [0.15, 0.2) is 0 Å². The maximum absolute atomic E-state index is 11.9. The largest absolute Gasteiger partial charge is 0.364 e. The zero-order valence-electron chi connectivity index (χ0n) is 13.4. The summed E-state index contributed by atoms with van der Waals surface area (Å²) in [5, 5.41) is 7.28. The highest BCUT2D eigenvalue weighted by Crippen LogP contribution is 2.24. The Morgan fingerprint density at radius 1 is 1.48 bits per heavy atom. The lowest BCUT2D eigenvalue weighted by Gasteiger charge is -2.34. The zero-order valence-corrected chi connectivity index (χ0v) is 14.2. The number of hydrogen-bond donors (Lipinski definition) is 2. The van der Waals surface area contributed by atoms with Crippen molar-refractivity contribution in [1.29, 1.82) is 0 Å². The highest BCUT2D eigenvalue weighted by Gasteiger charge is 2.26. The number of para-hydroxylation sites is 1. The first-order valence-corrected chi connectivity index (χ1v) is 8.86. The Morgan fingerprint density at radius 2 is 2.35 bits per heavy atom. The fraction of sp³-hybridized carbons (Fsp3) is 0.529. The third-order valence-electron chi connectivity index (χ3n) is 4.19. The number of nitrogens with one attached hydrogen (secondary N) is 2. The molecule has 124 valence electrons. The molecule has 1 aliphatic rings. The number of hydrogen-bond acceptors (Lipinski definition) is 5. The van der Waals surface area contributed by atoms with Crippen LogP contribution in [0.5, 0.6) is 0 Å². The molecule has 1 aromatic carbocycles. The van der Waals surface area contributed by atoms with E-state index in [-0.39, 0.29) is 17.9 Å². The summed E-state index contributed by atoms with van der Waals surface area (Å²) in [6.45, 7) is 5.41. The van der Waals surface area contributed by atoms with E-state index in [0.717, 1.165) is 34.7 Å². The number of thiazole rings is 1. The van der Waals surface area contributed by atoms with Gasteiger partial charge in [0.2, 0.25) is 5.91 Å². The Kier molecular flexibility index (Phi) is 5.25. The number of aromatic nitrogens is 1. The lowest BCUT2D eigenvalue weighted by Crippen LogP contribution is -2.46. The van der Waals surface area contributed by atoms with Gasteiger partial charge >= 0.3 is 0 Å². The van der Waals surface area contributed by atoms with Crippen molar-refractivity contribution in [1.82, 2.24) is 15.6 Å². The lowest BCUT2D eigenvalue weighted by molar-refractivity contribution is -0.126. The topological polar surface area (TPSA) is 63.2 Å². The molecule has 0 spiro atoms. The van der Waals surface area contributed by atoms with E-state index >= 15 is 0 Å². The first-order chi connectivity index (χ1) is 11.1. The van der Waals surface area contributed by atoms with Gasteiger partial charge < -0.3 is 15.4 Å². The SMILES string of the molecule is CC1(CNC(=O)COCc2nc3ccccc3s2)CCCNC1. The van der Waals surface area contributed by atoms with Crippen molar-refractivity contribution in [3.05, 3.63) is 29.3 Å². The minimum Gasteiger partial charge on any atom is -0.364 e. The van der Waals surface area contributed by atoms with E-state index in [4.69, 9.17) is 4.74 Å². The first kappa shape index (κ1) is 16.4. The molecule has 2 heterocycles. The number of amides is 1. The lowest BCUT2D eigenvalue weighted by atomic mass is 9.83. The molecule has 1 saturated heterocycles. The number of fused-ring (bicyclic) bond motifs is 1. The van der Waals surface area contributed by atoms with Gasteiger partial charge in [0.05, 0.1) is 16.8 Å². The molecule has 1 unspecified atom stereocenters. The van der Waals surface area contributed by atoms with E-state index in [2.05, 4.69) is 22.5 Å². The van der Waals surface area contributed by atoms with Crippen molar-refractivity contribution in [3.63, 3.8) is 0 Å². The smallest absolute Gasteiger partial charge is 0.246 e. The molecular weight excluding hydrogens is 310 g/mol. The molecule has 0 aliphatic carbocycles. The van der Waals surface area contributed by atoms with Gasteiger partial charge in [0, 0.05) is 13.1 Å². The Labute approximate surface area is 140 Å². The summed E-state index contributed by atoms with van der Waals surface area (Å²) in [6, 6.07) is 8.00. The van der Waals surface area contributed by atoms with Crippen LogP contribution in [0.15, 0.2) is 24.3 Å². The van der Waals surface area contributed by atoms with E-state index in [1.807, 2.05) is 24.3 Å². The number of ether oxygens (including phenoxy) is 1. The molecule has 0 saturated carbocycles. The van der Waals surface area contributed by atoms with Crippen molar-refractivity contribution < 1.29 is 9.53 Å². The van der Waals surface area contributed by atoms with Gasteiger partial charge in [0.25, 0.3) is 0 Å². The van der Waals surface area contributed by atoms with Crippen LogP contribution in [0.25, 0.3) is 10.2 Å². The molecule has 2 N–H and O–H groups in total. The Bertz CT molecular complexity index is 632. The third kappa shape index (κ3) is 4.50. The van der Waals surface area contributed by atoms with E-state index in [1.54, 1.807) is 11.3 Å². The molecule has 0 bridgehead atoms. The van der Waals surface area contributed by atoms with Crippen LogP contribution in [0.2, 0.25) is 0 Å². The Morgan fingerprint density at radius 3 is 3.13 bits per heavy atom. The second kappa shape index (κ2) is 7.38. The van der Waals surface area contributed by atoms with E-state index in [9.17, 15) is 4.79 Å². The van der Waals surface area contributed by atoms with Gasteiger partial charge in [-0.15, -0.1) is 11.3 Å². The van der Waals surface area contributed by atoms with E-state index in [0.29, 0.717) is 13.2 Å². The Balaban J connectivity index is 1.40. The van der Waals surface area contributed by atoms with Gasteiger partial charge in [-0.3, -0.25) is 4.79 Å². The van der Waals surface area contributed by atoms with Crippen molar-refractivity contribution >= 4 is 27.5 Å². The minimum atomic E-state index is -0.0575. The number of carbonyl (C=O) groups is 1. The molecule has 0 radical (unpaired) electrons. The summed E-state index contributed by atoms with van der Waals surface area (Å²) >= 11 is 1.61. The molecule has 1 aromatic heterocycles. The van der Waals surface area contributed by atoms with Crippen LogP contribution in [0.4, 0.5) is 0 Å². The molecule has 1 fully saturated rings. The molecule has 23 heavy (non-hydrogen) atoms. The van der Waals surface area contributed by atoms with Gasteiger partial charge in [-0.05, 0) is 36.9 Å². The summed E-state index contributed by atoms with van der Waals surface area (Å²) in [5.41, 5.74) is 1.14. The van der Waals surface area contributed by atoms with Gasteiger partial charge in [-0.1, -0.05) is 19.1 Å². The van der Waals surface area contributed by atoms with Gasteiger partial charge in [-0.2, -0.15) is 0 Å². The van der Waals surface area contributed by atoms with E-state index < -0.39 is 0 Å². The van der Waals surface area contributed by atoms with Crippen LogP contribution in [0, 0.1) is 5.41 Å². The number of rotatable bonds is 6. The normalized spacial score (nSPS) is 21.4. The van der Waals surface area contributed by atoms with Crippen LogP contribution in [0.3, 0.4) is 0 Å². The molecule has 3 rings (SSSR count). The summed E-state index contributed by atoms with van der Waals surface area (Å²) in [5.74, 6) is -0.0575. The molecule has 1 aliphatic heterocycles.